The van der Waals surface area contributed by atoms with Crippen LogP contribution in [-0.2, 0) is 9.57 Å². The first-order valence-corrected chi connectivity index (χ1v) is 9.64. The maximum Gasteiger partial charge on any atom is 0.257 e. The number of nitrogens with zero attached hydrogens (tertiary/aromatic N) is 5. The third-order valence-corrected chi connectivity index (χ3v) is 5.54. The van der Waals surface area contributed by atoms with Crippen molar-refractivity contribution in [3.05, 3.63) is 47.7 Å². The molecule has 2 fully saturated rings. The van der Waals surface area contributed by atoms with E-state index in [1.807, 2.05) is 0 Å². The predicted molar refractivity (Wildman–Crippen MR) is 99.5 cm³/mol. The lowest BCUT2D eigenvalue weighted by atomic mass is 10.1. The van der Waals surface area contributed by atoms with Crippen LogP contribution in [0.15, 0.2) is 30.7 Å². The van der Waals surface area contributed by atoms with Crippen molar-refractivity contribution in [3.63, 3.8) is 0 Å². The molecule has 3 aliphatic rings. The number of hydroxylamine groups is 1. The predicted octanol–water partition coefficient (Wildman–Crippen LogP) is 1.04. The highest BCUT2D eigenvalue weighted by Crippen LogP contribution is 2.38. The Labute approximate surface area is 169 Å². The zero-order valence-electron chi connectivity index (χ0n) is 15.7. The Hall–Kier alpha value is -3.31. The summed E-state index contributed by atoms with van der Waals surface area (Å²) < 4.78 is 27.3. The highest BCUT2D eigenvalue weighted by Gasteiger charge is 2.37. The minimum absolute atomic E-state index is 0.281. The molecule has 0 aliphatic carbocycles. The summed E-state index contributed by atoms with van der Waals surface area (Å²) in [6.45, 7) is 1.00. The van der Waals surface area contributed by atoms with Gasteiger partial charge in [0.15, 0.2) is 11.5 Å². The smallest absolute Gasteiger partial charge is 0.257 e. The topological polar surface area (TPSA) is 103 Å². The monoisotopic (exact) mass is 412 g/mol. The van der Waals surface area contributed by atoms with Gasteiger partial charge in [-0.3, -0.25) is 9.63 Å². The maximum absolute atomic E-state index is 14.1. The van der Waals surface area contributed by atoms with Crippen LogP contribution in [0.5, 0.6) is 5.88 Å². The fourth-order valence-corrected chi connectivity index (χ4v) is 4.07. The van der Waals surface area contributed by atoms with E-state index in [1.54, 1.807) is 17.3 Å². The quantitative estimate of drug-likeness (QED) is 0.584. The van der Waals surface area contributed by atoms with Gasteiger partial charge in [0.25, 0.3) is 5.91 Å². The van der Waals surface area contributed by atoms with Gasteiger partial charge >= 0.3 is 0 Å². The second-order valence-electron chi connectivity index (χ2n) is 7.40. The molecule has 30 heavy (non-hydrogen) atoms. The van der Waals surface area contributed by atoms with E-state index < -0.39 is 18.0 Å². The van der Waals surface area contributed by atoms with Gasteiger partial charge in [-0.25, -0.2) is 23.9 Å². The van der Waals surface area contributed by atoms with Crippen molar-refractivity contribution in [2.75, 3.05) is 24.9 Å². The van der Waals surface area contributed by atoms with E-state index in [-0.39, 0.29) is 24.4 Å². The number of carbonyl (C=O) groups excluding carboxylic acids is 1. The zero-order chi connectivity index (χ0) is 20.2. The molecular formula is C19H17FN6O4. The molecule has 10 nitrogen and oxygen atoms in total. The number of anilines is 1. The van der Waals surface area contributed by atoms with Crippen molar-refractivity contribution in [3.8, 4) is 5.88 Å². The minimum atomic E-state index is -0.470. The molecule has 2 saturated heterocycles. The second kappa shape index (κ2) is 6.61. The van der Waals surface area contributed by atoms with Crippen molar-refractivity contribution in [2.24, 2.45) is 0 Å². The summed E-state index contributed by atoms with van der Waals surface area (Å²) >= 11 is 0. The van der Waals surface area contributed by atoms with E-state index >= 15 is 0 Å². The largest absolute Gasteiger partial charge is 0.469 e. The van der Waals surface area contributed by atoms with Crippen molar-refractivity contribution < 1.29 is 23.5 Å². The highest BCUT2D eigenvalue weighted by molar-refractivity contribution is 6.00. The Morgan fingerprint density at radius 1 is 1.27 bits per heavy atom. The summed E-state index contributed by atoms with van der Waals surface area (Å²) in [6, 6.07) is 2.39. The van der Waals surface area contributed by atoms with E-state index in [1.165, 1.54) is 16.8 Å². The summed E-state index contributed by atoms with van der Waals surface area (Å²) in [5, 5.41) is 8.76. The fourth-order valence-electron chi connectivity index (χ4n) is 4.07. The average Bonchev–Trinajstić information content (AvgIpc) is 3.48. The lowest BCUT2D eigenvalue weighted by Crippen LogP contribution is -2.45. The van der Waals surface area contributed by atoms with Crippen LogP contribution < -0.4 is 15.1 Å². The van der Waals surface area contributed by atoms with E-state index in [0.29, 0.717) is 42.2 Å². The van der Waals surface area contributed by atoms with Gasteiger partial charge in [-0.15, -0.1) is 0 Å². The van der Waals surface area contributed by atoms with Crippen molar-refractivity contribution >= 4 is 17.4 Å². The summed E-state index contributed by atoms with van der Waals surface area (Å²) in [6.07, 6.45) is 4.42. The van der Waals surface area contributed by atoms with Crippen LogP contribution in [0.25, 0.3) is 5.65 Å². The van der Waals surface area contributed by atoms with Gasteiger partial charge in [-0.1, -0.05) is 0 Å². The number of rotatable bonds is 0. The van der Waals surface area contributed by atoms with Gasteiger partial charge in [0, 0.05) is 24.2 Å². The Bertz CT molecular complexity index is 1150. The van der Waals surface area contributed by atoms with Crippen molar-refractivity contribution in [1.82, 2.24) is 24.9 Å². The molecule has 0 saturated carbocycles. The van der Waals surface area contributed by atoms with Gasteiger partial charge in [-0.2, -0.15) is 5.10 Å². The van der Waals surface area contributed by atoms with E-state index in [2.05, 4.69) is 20.4 Å². The van der Waals surface area contributed by atoms with Gasteiger partial charge < -0.3 is 14.8 Å². The fraction of sp³-hybridized carbons (Fsp3) is 0.368. The molecule has 2 bridgehead atoms. The van der Waals surface area contributed by atoms with E-state index in [0.717, 1.165) is 6.20 Å². The third kappa shape index (κ3) is 2.70. The summed E-state index contributed by atoms with van der Waals surface area (Å²) in [7, 11) is 0. The Kier molecular flexibility index (Phi) is 3.86. The number of halogens is 1. The van der Waals surface area contributed by atoms with Crippen LogP contribution >= 0.6 is 0 Å². The normalized spacial score (nSPS) is 25.6. The molecule has 2 unspecified atom stereocenters. The number of hydrogen-bond donors (Lipinski definition) is 1. The number of aromatic nitrogens is 4. The molecule has 3 aromatic heterocycles. The molecule has 11 heteroatoms. The number of nitrogens with one attached hydrogen (secondary N) is 1. The number of pyridine rings is 1. The van der Waals surface area contributed by atoms with Crippen LogP contribution in [0.3, 0.4) is 0 Å². The van der Waals surface area contributed by atoms with Crippen LogP contribution in [0.2, 0.25) is 0 Å². The molecule has 1 amide bonds. The van der Waals surface area contributed by atoms with Crippen LogP contribution in [0.4, 0.5) is 10.2 Å². The molecule has 3 aromatic rings. The van der Waals surface area contributed by atoms with Crippen LogP contribution in [0, 0.1) is 5.82 Å². The standard InChI is InChI=1S/C19H17FN6O4/c20-10-5-11-14-2-4-29-26(14)16-1-3-25-17(24-16)12(7-22-25)18(27)23-13-8-28-9-15(13)30-19(11)21-6-10/h1,3,5-7,13-15H,2,4,8-9H2,(H,23,27)/t13?,14-,15?/m1/s1. The first-order chi connectivity index (χ1) is 14.7. The molecule has 6 heterocycles. The zero-order valence-corrected chi connectivity index (χ0v) is 15.7. The summed E-state index contributed by atoms with van der Waals surface area (Å²) in [5.41, 5.74) is 1.28. The third-order valence-electron chi connectivity index (χ3n) is 5.54. The number of ether oxygens (including phenoxy) is 2. The summed E-state index contributed by atoms with van der Waals surface area (Å²) in [5.74, 6) is -0.0285. The molecule has 0 aromatic carbocycles. The van der Waals surface area contributed by atoms with Crippen molar-refractivity contribution in [2.45, 2.75) is 24.6 Å². The maximum atomic E-state index is 14.1. The number of hydrogen-bond acceptors (Lipinski definition) is 8. The molecule has 6 rings (SSSR count). The number of amides is 1. The summed E-state index contributed by atoms with van der Waals surface area (Å²) in [4.78, 5) is 27.5. The Balaban J connectivity index is 1.55. The Morgan fingerprint density at radius 2 is 2.20 bits per heavy atom. The molecule has 3 atom stereocenters. The van der Waals surface area contributed by atoms with E-state index in [9.17, 15) is 9.18 Å². The molecule has 0 spiro atoms. The lowest BCUT2D eigenvalue weighted by molar-refractivity contribution is 0.0902. The van der Waals surface area contributed by atoms with Gasteiger partial charge in [0.05, 0.1) is 44.3 Å². The lowest BCUT2D eigenvalue weighted by Gasteiger charge is -2.26. The number of fused-ring (bicyclic) bond motifs is 6. The van der Waals surface area contributed by atoms with Gasteiger partial charge in [-0.05, 0) is 6.07 Å². The van der Waals surface area contributed by atoms with Crippen LogP contribution in [-0.4, -0.2) is 57.5 Å². The van der Waals surface area contributed by atoms with Gasteiger partial charge in [0.1, 0.15) is 17.5 Å². The second-order valence-corrected chi connectivity index (χ2v) is 7.40. The SMILES string of the molecule is O=C1NC2COCC2Oc2ncc(F)cc2[C@H]2CCON2c2ccn3ncc1c3n2. The first kappa shape index (κ1) is 17.5. The first-order valence-electron chi connectivity index (χ1n) is 9.64. The van der Waals surface area contributed by atoms with E-state index in [4.69, 9.17) is 14.3 Å². The Morgan fingerprint density at radius 3 is 3.13 bits per heavy atom. The van der Waals surface area contributed by atoms with Gasteiger partial charge in [0.2, 0.25) is 5.88 Å². The van der Waals surface area contributed by atoms with Crippen molar-refractivity contribution in [1.29, 1.82) is 0 Å². The molecule has 0 radical (unpaired) electrons. The average molecular weight is 412 g/mol. The highest BCUT2D eigenvalue weighted by atomic mass is 19.1. The minimum Gasteiger partial charge on any atom is -0.469 e. The molecule has 154 valence electrons. The van der Waals surface area contributed by atoms with Crippen LogP contribution in [0.1, 0.15) is 28.4 Å². The number of carbonyl (C=O) groups is 1. The molecule has 3 aliphatic heterocycles. The molecular weight excluding hydrogens is 395 g/mol. The molecule has 1 N–H and O–H groups in total.